The smallest absolute Gasteiger partial charge is 0.327 e. The van der Waals surface area contributed by atoms with Crippen molar-refractivity contribution in [1.82, 2.24) is 4.72 Å². The van der Waals surface area contributed by atoms with Gasteiger partial charge in [-0.1, -0.05) is 0 Å². The Kier molecular flexibility index (Phi) is 3.60. The molecular weight excluding hydrogens is 292 g/mol. The van der Waals surface area contributed by atoms with Crippen LogP contribution in [0.25, 0.3) is 0 Å². The lowest BCUT2D eigenvalue weighted by Crippen LogP contribution is -2.54. The van der Waals surface area contributed by atoms with Gasteiger partial charge in [-0.2, -0.15) is 9.98 Å². The van der Waals surface area contributed by atoms with E-state index in [9.17, 15) is 13.2 Å². The van der Waals surface area contributed by atoms with E-state index >= 15 is 0 Å². The van der Waals surface area contributed by atoms with E-state index in [0.717, 1.165) is 11.3 Å². The molecule has 2 rings (SSSR count). The molecule has 102 valence electrons. The van der Waals surface area contributed by atoms with Gasteiger partial charge in [0.2, 0.25) is 0 Å². The summed E-state index contributed by atoms with van der Waals surface area (Å²) >= 11 is 0.788. The third-order valence-electron chi connectivity index (χ3n) is 2.72. The maximum atomic E-state index is 12.1. The molecule has 1 aliphatic heterocycles. The summed E-state index contributed by atoms with van der Waals surface area (Å²) in [5, 5.41) is 17.8. The second-order valence-electron chi connectivity index (χ2n) is 4.03. The number of nitrogens with zero attached hydrogens (tertiary/aromatic N) is 1. The molecule has 19 heavy (non-hydrogen) atoms. The number of nitriles is 1. The number of ether oxygens (including phenoxy) is 1. The van der Waals surface area contributed by atoms with E-state index in [-0.39, 0.29) is 28.7 Å². The largest absolute Gasteiger partial charge is 0.480 e. The van der Waals surface area contributed by atoms with Gasteiger partial charge in [-0.15, -0.1) is 11.3 Å². The SMILES string of the molecule is N#Cc1ccc(S(=O)(=O)NC2(C(=O)O)CCOC2)s1. The molecular formula is C10H10N2O5S2. The zero-order chi connectivity index (χ0) is 14.1. The summed E-state index contributed by atoms with van der Waals surface area (Å²) in [7, 11) is -3.98. The van der Waals surface area contributed by atoms with Crippen LogP contribution in [0, 0.1) is 11.3 Å². The van der Waals surface area contributed by atoms with E-state index in [2.05, 4.69) is 4.72 Å². The molecule has 1 aromatic rings. The molecule has 1 unspecified atom stereocenters. The molecule has 1 fully saturated rings. The zero-order valence-electron chi connectivity index (χ0n) is 9.62. The van der Waals surface area contributed by atoms with Gasteiger partial charge in [-0.05, 0) is 12.1 Å². The lowest BCUT2D eigenvalue weighted by Gasteiger charge is -2.22. The number of hydrogen-bond acceptors (Lipinski definition) is 6. The molecule has 0 aliphatic carbocycles. The highest BCUT2D eigenvalue weighted by molar-refractivity contribution is 7.91. The van der Waals surface area contributed by atoms with Crippen molar-refractivity contribution < 1.29 is 23.1 Å². The minimum absolute atomic E-state index is 0.0675. The minimum atomic E-state index is -3.98. The molecule has 0 bridgehead atoms. The number of sulfonamides is 1. The van der Waals surface area contributed by atoms with Crippen molar-refractivity contribution in [3.8, 4) is 6.07 Å². The number of carboxylic acid groups (broad SMARTS) is 1. The standard InChI is InChI=1S/C10H10N2O5S2/c11-5-7-1-2-8(18-7)19(15,16)12-10(9(13)14)3-4-17-6-10/h1-2,12H,3-4,6H2,(H,13,14). The molecule has 2 N–H and O–H groups in total. The van der Waals surface area contributed by atoms with Gasteiger partial charge in [-0.25, -0.2) is 8.42 Å². The number of thiophene rings is 1. The first-order valence-electron chi connectivity index (χ1n) is 5.25. The highest BCUT2D eigenvalue weighted by Gasteiger charge is 2.46. The molecule has 7 nitrogen and oxygen atoms in total. The average molecular weight is 302 g/mol. The van der Waals surface area contributed by atoms with Gasteiger partial charge in [0, 0.05) is 13.0 Å². The quantitative estimate of drug-likeness (QED) is 0.817. The van der Waals surface area contributed by atoms with Crippen molar-refractivity contribution in [3.05, 3.63) is 17.0 Å². The molecule has 1 aliphatic rings. The first kappa shape index (κ1) is 14.0. The van der Waals surface area contributed by atoms with Crippen LogP contribution in [0.5, 0.6) is 0 Å². The molecule has 0 radical (unpaired) electrons. The van der Waals surface area contributed by atoms with E-state index in [4.69, 9.17) is 15.1 Å². The van der Waals surface area contributed by atoms with Gasteiger partial charge in [0.15, 0.2) is 5.54 Å². The number of carbonyl (C=O) groups is 1. The van der Waals surface area contributed by atoms with Crippen molar-refractivity contribution in [2.24, 2.45) is 0 Å². The van der Waals surface area contributed by atoms with Gasteiger partial charge < -0.3 is 9.84 Å². The molecule has 0 saturated carbocycles. The second kappa shape index (κ2) is 4.90. The Morgan fingerprint density at radius 3 is 2.79 bits per heavy atom. The van der Waals surface area contributed by atoms with Crippen molar-refractivity contribution in [1.29, 1.82) is 5.26 Å². The Balaban J connectivity index is 2.30. The predicted molar refractivity (Wildman–Crippen MR) is 65.2 cm³/mol. The van der Waals surface area contributed by atoms with E-state index in [1.807, 2.05) is 6.07 Å². The van der Waals surface area contributed by atoms with Crippen LogP contribution < -0.4 is 4.72 Å². The van der Waals surface area contributed by atoms with Crippen LogP contribution in [0.15, 0.2) is 16.3 Å². The summed E-state index contributed by atoms with van der Waals surface area (Å²) in [6, 6.07) is 4.48. The Labute approximate surface area is 113 Å². The van der Waals surface area contributed by atoms with E-state index < -0.39 is 21.5 Å². The summed E-state index contributed by atoms with van der Waals surface area (Å²) in [5.74, 6) is -1.27. The summed E-state index contributed by atoms with van der Waals surface area (Å²) < 4.78 is 31.3. The molecule has 0 aromatic carbocycles. The third-order valence-corrected chi connectivity index (χ3v) is 5.74. The summed E-state index contributed by atoms with van der Waals surface area (Å²) in [6.07, 6.45) is 0.0675. The average Bonchev–Trinajstić information content (AvgIpc) is 2.96. The van der Waals surface area contributed by atoms with Crippen molar-refractivity contribution in [2.45, 2.75) is 16.2 Å². The van der Waals surface area contributed by atoms with E-state index in [1.165, 1.54) is 12.1 Å². The first-order valence-corrected chi connectivity index (χ1v) is 7.55. The van der Waals surface area contributed by atoms with Crippen LogP contribution >= 0.6 is 11.3 Å². The van der Waals surface area contributed by atoms with E-state index in [1.54, 1.807) is 0 Å². The van der Waals surface area contributed by atoms with Gasteiger partial charge >= 0.3 is 5.97 Å². The van der Waals surface area contributed by atoms with Gasteiger partial charge in [-0.3, -0.25) is 4.79 Å². The van der Waals surface area contributed by atoms with Crippen LogP contribution in [0.2, 0.25) is 0 Å². The molecule has 1 saturated heterocycles. The number of aliphatic carboxylic acids is 1. The fourth-order valence-corrected chi connectivity index (χ4v) is 4.17. The molecule has 0 spiro atoms. The Morgan fingerprint density at radius 2 is 2.32 bits per heavy atom. The predicted octanol–water partition coefficient (Wildman–Crippen LogP) is 0.142. The van der Waals surface area contributed by atoms with Crippen molar-refractivity contribution in [3.63, 3.8) is 0 Å². The van der Waals surface area contributed by atoms with Crippen LogP contribution in [0.4, 0.5) is 0 Å². The molecule has 9 heteroatoms. The van der Waals surface area contributed by atoms with Gasteiger partial charge in [0.25, 0.3) is 10.0 Å². The summed E-state index contributed by atoms with van der Waals surface area (Å²) in [6.45, 7) is -0.0270. The monoisotopic (exact) mass is 302 g/mol. The molecule has 2 heterocycles. The van der Waals surface area contributed by atoms with Gasteiger partial charge in [0.05, 0.1) is 6.61 Å². The maximum absolute atomic E-state index is 12.1. The fourth-order valence-electron chi connectivity index (χ4n) is 1.69. The molecule has 0 amide bonds. The first-order chi connectivity index (χ1) is 8.89. The van der Waals surface area contributed by atoms with Crippen LogP contribution in [-0.2, 0) is 19.6 Å². The lowest BCUT2D eigenvalue weighted by atomic mass is 10.0. The summed E-state index contributed by atoms with van der Waals surface area (Å²) in [5.41, 5.74) is -1.63. The molecule has 1 aromatic heterocycles. The number of rotatable bonds is 4. The highest BCUT2D eigenvalue weighted by Crippen LogP contribution is 2.26. The van der Waals surface area contributed by atoms with E-state index in [0.29, 0.717) is 0 Å². The zero-order valence-corrected chi connectivity index (χ0v) is 11.3. The Hall–Kier alpha value is -1.47. The second-order valence-corrected chi connectivity index (χ2v) is 7.02. The number of nitrogens with one attached hydrogen (secondary N) is 1. The van der Waals surface area contributed by atoms with Crippen molar-refractivity contribution >= 4 is 27.3 Å². The molecule has 1 atom stereocenters. The van der Waals surface area contributed by atoms with Crippen molar-refractivity contribution in [2.75, 3.05) is 13.2 Å². The fraction of sp³-hybridized carbons (Fsp3) is 0.400. The number of hydrogen-bond donors (Lipinski definition) is 2. The van der Waals surface area contributed by atoms with Crippen LogP contribution in [0.3, 0.4) is 0 Å². The summed E-state index contributed by atoms with van der Waals surface area (Å²) in [4.78, 5) is 11.5. The van der Waals surface area contributed by atoms with Crippen LogP contribution in [-0.4, -0.2) is 38.2 Å². The highest BCUT2D eigenvalue weighted by atomic mass is 32.2. The maximum Gasteiger partial charge on any atom is 0.327 e. The Bertz CT molecular complexity index is 637. The Morgan fingerprint density at radius 1 is 1.58 bits per heavy atom. The number of carboxylic acids is 1. The lowest BCUT2D eigenvalue weighted by molar-refractivity contribution is -0.144. The topological polar surface area (TPSA) is 116 Å². The van der Waals surface area contributed by atoms with Crippen LogP contribution in [0.1, 0.15) is 11.3 Å². The van der Waals surface area contributed by atoms with Gasteiger partial charge in [0.1, 0.15) is 15.2 Å². The normalized spacial score (nSPS) is 23.1. The minimum Gasteiger partial charge on any atom is -0.480 e. The third kappa shape index (κ3) is 2.62.